The van der Waals surface area contributed by atoms with E-state index in [2.05, 4.69) is 39.8 Å². The number of hydrogen-bond donors (Lipinski definition) is 2. The summed E-state index contributed by atoms with van der Waals surface area (Å²) in [6.45, 7) is 10.6. The second kappa shape index (κ2) is 7.68. The molecule has 130 valence electrons. The maximum absolute atomic E-state index is 10.7. The predicted molar refractivity (Wildman–Crippen MR) is 105 cm³/mol. The van der Waals surface area contributed by atoms with Crippen molar-refractivity contribution < 1.29 is 10.2 Å². The Labute approximate surface area is 147 Å². The Hall–Kier alpha value is -1.37. The van der Waals surface area contributed by atoms with E-state index < -0.39 is 0 Å². The number of rotatable bonds is 6. The van der Waals surface area contributed by atoms with Crippen LogP contribution in [-0.2, 0) is 11.8 Å². The largest absolute Gasteiger partial charge is 0.507 e. The molecular formula is C21H29O2P. The molecule has 1 unspecified atom stereocenters. The van der Waals surface area contributed by atoms with E-state index in [1.807, 2.05) is 25.1 Å². The Bertz CT molecular complexity index is 718. The zero-order valence-corrected chi connectivity index (χ0v) is 16.4. The molecule has 0 saturated carbocycles. The topological polar surface area (TPSA) is 40.5 Å². The molecule has 0 aliphatic carbocycles. The summed E-state index contributed by atoms with van der Waals surface area (Å²) in [6, 6.07) is 10.4. The van der Waals surface area contributed by atoms with Gasteiger partial charge >= 0.3 is 0 Å². The summed E-state index contributed by atoms with van der Waals surface area (Å²) in [4.78, 5) is 0. The molecule has 0 aliphatic heterocycles. The van der Waals surface area contributed by atoms with Crippen molar-refractivity contribution in [3.8, 4) is 5.75 Å². The lowest BCUT2D eigenvalue weighted by Gasteiger charge is -2.34. The molecule has 2 N–H and O–H groups in total. The highest BCUT2D eigenvalue weighted by Gasteiger charge is 2.33. The van der Waals surface area contributed by atoms with Crippen LogP contribution in [0.1, 0.15) is 54.5 Å². The Balaban J connectivity index is 2.59. The van der Waals surface area contributed by atoms with Crippen LogP contribution in [0.4, 0.5) is 0 Å². The van der Waals surface area contributed by atoms with Gasteiger partial charge in [0, 0.05) is 10.7 Å². The van der Waals surface area contributed by atoms with E-state index in [0.29, 0.717) is 14.3 Å². The smallest absolute Gasteiger partial charge is 0.122 e. The third-order valence-electron chi connectivity index (χ3n) is 4.98. The van der Waals surface area contributed by atoms with Crippen molar-refractivity contribution in [2.75, 3.05) is 0 Å². The molecule has 2 aromatic carbocycles. The van der Waals surface area contributed by atoms with Gasteiger partial charge in [0.15, 0.2) is 0 Å². The highest BCUT2D eigenvalue weighted by Crippen LogP contribution is 2.51. The Morgan fingerprint density at radius 1 is 0.958 bits per heavy atom. The molecular weight excluding hydrogens is 315 g/mol. The molecule has 0 saturated heterocycles. The van der Waals surface area contributed by atoms with Gasteiger partial charge in [0.05, 0.1) is 6.61 Å². The fourth-order valence-electron chi connectivity index (χ4n) is 3.40. The number of aliphatic hydroxyl groups excluding tert-OH is 1. The average molecular weight is 344 g/mol. The number of benzene rings is 2. The molecule has 2 aromatic rings. The van der Waals surface area contributed by atoms with Gasteiger partial charge in [-0.1, -0.05) is 63.9 Å². The summed E-state index contributed by atoms with van der Waals surface area (Å²) < 4.78 is 0. The van der Waals surface area contributed by atoms with Crippen LogP contribution in [0.2, 0.25) is 0 Å². The van der Waals surface area contributed by atoms with Crippen LogP contribution in [0.3, 0.4) is 0 Å². The molecule has 0 fully saturated rings. The minimum atomic E-state index is -0.0986. The molecule has 2 nitrogen and oxygen atoms in total. The van der Waals surface area contributed by atoms with E-state index in [1.165, 1.54) is 16.4 Å². The maximum Gasteiger partial charge on any atom is 0.122 e. The van der Waals surface area contributed by atoms with Crippen molar-refractivity contribution in [1.82, 2.24) is 0 Å². The summed E-state index contributed by atoms with van der Waals surface area (Å²) >= 11 is 0. The normalized spacial score (nSPS) is 12.2. The standard InChI is InChI=1S/C21H29O2P/c1-6-21(7-2,18-11-15(4)10-16(5)20(18)23)24-19-12-14(3)8-9-17(19)13-22/h8-12,22-24H,6-7,13H2,1-5H3. The third-order valence-corrected chi connectivity index (χ3v) is 7.17. The van der Waals surface area contributed by atoms with Gasteiger partial charge in [-0.25, -0.2) is 0 Å². The zero-order valence-electron chi connectivity index (χ0n) is 15.4. The van der Waals surface area contributed by atoms with Crippen LogP contribution in [0.25, 0.3) is 0 Å². The highest BCUT2D eigenvalue weighted by molar-refractivity contribution is 7.48. The van der Waals surface area contributed by atoms with Crippen LogP contribution in [0.15, 0.2) is 30.3 Å². The zero-order chi connectivity index (χ0) is 17.9. The van der Waals surface area contributed by atoms with Gasteiger partial charge in [0.2, 0.25) is 0 Å². The van der Waals surface area contributed by atoms with Crippen LogP contribution in [-0.4, -0.2) is 10.2 Å². The lowest BCUT2D eigenvalue weighted by molar-refractivity contribution is 0.283. The van der Waals surface area contributed by atoms with E-state index in [4.69, 9.17) is 0 Å². The maximum atomic E-state index is 10.7. The molecule has 1 atom stereocenters. The first kappa shape index (κ1) is 19.0. The van der Waals surface area contributed by atoms with Crippen LogP contribution in [0.5, 0.6) is 5.75 Å². The van der Waals surface area contributed by atoms with Crippen LogP contribution < -0.4 is 5.30 Å². The van der Waals surface area contributed by atoms with E-state index in [1.54, 1.807) is 0 Å². The number of aromatic hydroxyl groups is 1. The molecule has 0 radical (unpaired) electrons. The average Bonchev–Trinajstić information content (AvgIpc) is 2.56. The van der Waals surface area contributed by atoms with Crippen molar-refractivity contribution in [2.45, 2.75) is 59.2 Å². The fourth-order valence-corrected chi connectivity index (χ4v) is 5.22. The monoisotopic (exact) mass is 344 g/mol. The first-order valence-electron chi connectivity index (χ1n) is 8.66. The Kier molecular flexibility index (Phi) is 6.06. The van der Waals surface area contributed by atoms with Gasteiger partial charge in [-0.15, -0.1) is 0 Å². The lowest BCUT2D eigenvalue weighted by atomic mass is 9.89. The molecule has 0 aromatic heterocycles. The first-order valence-corrected chi connectivity index (χ1v) is 9.66. The number of aryl methyl sites for hydroxylation is 3. The molecule has 3 heteroatoms. The minimum absolute atomic E-state index is 0.0605. The summed E-state index contributed by atoms with van der Waals surface area (Å²) in [5.41, 5.74) is 5.37. The lowest BCUT2D eigenvalue weighted by Crippen LogP contribution is -2.23. The number of phenolic OH excluding ortho intramolecular Hbond substituents is 1. The van der Waals surface area contributed by atoms with Gasteiger partial charge in [-0.05, 0) is 50.0 Å². The van der Waals surface area contributed by atoms with Gasteiger partial charge in [0.25, 0.3) is 0 Å². The SMILES string of the molecule is CCC(CC)(Pc1cc(C)ccc1CO)c1cc(C)cc(C)c1O. The van der Waals surface area contributed by atoms with Crippen LogP contribution in [0, 0.1) is 20.8 Å². The molecule has 0 heterocycles. The van der Waals surface area contributed by atoms with E-state index in [-0.39, 0.29) is 11.8 Å². The Morgan fingerprint density at radius 2 is 1.62 bits per heavy atom. The fraction of sp³-hybridized carbons (Fsp3) is 0.429. The second-order valence-corrected chi connectivity index (χ2v) is 8.46. The van der Waals surface area contributed by atoms with Gasteiger partial charge < -0.3 is 10.2 Å². The molecule has 0 aliphatic rings. The van der Waals surface area contributed by atoms with Crippen molar-refractivity contribution in [3.63, 3.8) is 0 Å². The minimum Gasteiger partial charge on any atom is -0.507 e. The highest BCUT2D eigenvalue weighted by atomic mass is 31.1. The van der Waals surface area contributed by atoms with Gasteiger partial charge in [-0.2, -0.15) is 0 Å². The van der Waals surface area contributed by atoms with Gasteiger partial charge in [-0.3, -0.25) is 0 Å². The second-order valence-electron chi connectivity index (χ2n) is 6.71. The summed E-state index contributed by atoms with van der Waals surface area (Å²) in [5.74, 6) is 0.426. The van der Waals surface area contributed by atoms with E-state index >= 15 is 0 Å². The molecule has 24 heavy (non-hydrogen) atoms. The molecule has 0 bridgehead atoms. The van der Waals surface area contributed by atoms with E-state index in [9.17, 15) is 10.2 Å². The summed E-state index contributed by atoms with van der Waals surface area (Å²) in [6.07, 6.45) is 1.91. The number of hydrogen-bond acceptors (Lipinski definition) is 2. The predicted octanol–water partition coefficient (Wildman–Crippen LogP) is 4.83. The number of aliphatic hydroxyl groups is 1. The quantitative estimate of drug-likeness (QED) is 0.737. The van der Waals surface area contributed by atoms with Gasteiger partial charge in [0.1, 0.15) is 5.75 Å². The number of phenols is 1. The van der Waals surface area contributed by atoms with Crippen LogP contribution >= 0.6 is 8.58 Å². The van der Waals surface area contributed by atoms with Crippen molar-refractivity contribution >= 4 is 13.9 Å². The third kappa shape index (κ3) is 3.66. The van der Waals surface area contributed by atoms with Crippen molar-refractivity contribution in [1.29, 1.82) is 0 Å². The van der Waals surface area contributed by atoms with E-state index in [0.717, 1.165) is 29.5 Å². The molecule has 2 rings (SSSR count). The summed E-state index contributed by atoms with van der Waals surface area (Å²) in [7, 11) is 0.514. The summed E-state index contributed by atoms with van der Waals surface area (Å²) in [5, 5.41) is 21.6. The molecule has 0 spiro atoms. The Morgan fingerprint density at radius 3 is 2.21 bits per heavy atom. The van der Waals surface area contributed by atoms with Crippen molar-refractivity contribution in [2.24, 2.45) is 0 Å². The molecule has 0 amide bonds. The first-order chi connectivity index (χ1) is 11.4. The van der Waals surface area contributed by atoms with Crippen molar-refractivity contribution in [3.05, 3.63) is 58.1 Å².